The fourth-order valence-corrected chi connectivity index (χ4v) is 3.65. The van der Waals surface area contributed by atoms with E-state index < -0.39 is 5.97 Å². The molecule has 4 rings (SSSR count). The Balaban J connectivity index is 1.30. The third-order valence-electron chi connectivity index (χ3n) is 5.32. The van der Waals surface area contributed by atoms with E-state index in [0.29, 0.717) is 57.9 Å². The molecule has 1 amide bonds. The quantitative estimate of drug-likeness (QED) is 0.241. The van der Waals surface area contributed by atoms with Gasteiger partial charge in [0.1, 0.15) is 0 Å². The van der Waals surface area contributed by atoms with E-state index in [1.807, 2.05) is 6.07 Å². The summed E-state index contributed by atoms with van der Waals surface area (Å²) in [7, 11) is 0. The van der Waals surface area contributed by atoms with Crippen molar-refractivity contribution in [2.75, 3.05) is 6.54 Å². The lowest BCUT2D eigenvalue weighted by Gasteiger charge is -2.09. The summed E-state index contributed by atoms with van der Waals surface area (Å²) < 4.78 is 0.653. The number of benzene rings is 2. The Morgan fingerprint density at radius 2 is 1.64 bits per heavy atom. The van der Waals surface area contributed by atoms with Crippen LogP contribution in [0.2, 0.25) is 0 Å². The fourth-order valence-electron chi connectivity index (χ4n) is 3.65. The van der Waals surface area contributed by atoms with Crippen molar-refractivity contribution >= 4 is 33.7 Å². The SMILES string of the molecule is O=C(CCCCCNC(=O)c1cccc2c(=O)c3ccccc3[nH]c12)On1c(O)ccc1O. The molecule has 0 radical (unpaired) electrons. The Kier molecular flexibility index (Phi) is 6.30. The van der Waals surface area contributed by atoms with Crippen LogP contribution in [0.5, 0.6) is 11.8 Å². The molecule has 0 aliphatic carbocycles. The van der Waals surface area contributed by atoms with Crippen molar-refractivity contribution in [1.29, 1.82) is 0 Å². The Labute approximate surface area is 188 Å². The number of nitrogens with one attached hydrogen (secondary N) is 2. The normalized spacial score (nSPS) is 11.0. The zero-order valence-electron chi connectivity index (χ0n) is 17.7. The number of fused-ring (bicyclic) bond motifs is 2. The molecule has 0 spiro atoms. The van der Waals surface area contributed by atoms with E-state index in [-0.39, 0.29) is 29.5 Å². The van der Waals surface area contributed by atoms with Gasteiger partial charge in [-0.25, -0.2) is 4.79 Å². The molecule has 0 atom stereocenters. The summed E-state index contributed by atoms with van der Waals surface area (Å²) in [6.07, 6.45) is 1.92. The smallest absolute Gasteiger partial charge is 0.333 e. The first-order chi connectivity index (χ1) is 16.0. The second-order valence-electron chi connectivity index (χ2n) is 7.60. The lowest BCUT2D eigenvalue weighted by molar-refractivity contribution is -0.145. The highest BCUT2D eigenvalue weighted by atomic mass is 16.7. The van der Waals surface area contributed by atoms with E-state index in [4.69, 9.17) is 4.84 Å². The molecule has 2 heterocycles. The van der Waals surface area contributed by atoms with Crippen molar-refractivity contribution < 1.29 is 24.6 Å². The van der Waals surface area contributed by atoms with E-state index in [9.17, 15) is 24.6 Å². The standard InChI is InChI=1S/C24H23N3O6/c28-19-12-13-20(29)27(19)33-21(30)11-2-1-5-14-25-24(32)17-9-6-8-16-22(17)26-18-10-4-3-7-15(18)23(16)31/h3-4,6-10,12-13,28-29H,1-2,5,11,14H2,(H,25,32)(H,26,31). The first kappa shape index (κ1) is 21.9. The molecule has 0 aliphatic heterocycles. The number of hydrogen-bond acceptors (Lipinski definition) is 6. The minimum atomic E-state index is -0.590. The van der Waals surface area contributed by atoms with Gasteiger partial charge in [0.2, 0.25) is 11.8 Å². The number of carbonyl (C=O) groups excluding carboxylic acids is 2. The molecule has 0 unspecified atom stereocenters. The van der Waals surface area contributed by atoms with Crippen molar-refractivity contribution in [1.82, 2.24) is 15.0 Å². The largest absolute Gasteiger partial charge is 0.492 e. The van der Waals surface area contributed by atoms with E-state index in [0.717, 1.165) is 0 Å². The summed E-state index contributed by atoms with van der Waals surface area (Å²) >= 11 is 0. The molecule has 4 aromatic rings. The van der Waals surface area contributed by atoms with Gasteiger partial charge in [-0.2, -0.15) is 0 Å². The van der Waals surface area contributed by atoms with Crippen LogP contribution in [0.4, 0.5) is 0 Å². The van der Waals surface area contributed by atoms with Crippen LogP contribution < -0.4 is 15.6 Å². The van der Waals surface area contributed by atoms with Gasteiger partial charge in [-0.3, -0.25) is 9.59 Å². The number of aromatic hydroxyl groups is 2. The highest BCUT2D eigenvalue weighted by molar-refractivity contribution is 6.07. The maximum atomic E-state index is 12.8. The zero-order chi connectivity index (χ0) is 23.4. The highest BCUT2D eigenvalue weighted by Crippen LogP contribution is 2.20. The Morgan fingerprint density at radius 1 is 0.909 bits per heavy atom. The number of pyridine rings is 1. The maximum absolute atomic E-state index is 12.8. The maximum Gasteiger partial charge on any atom is 0.333 e. The molecule has 0 saturated heterocycles. The number of aromatic nitrogens is 2. The van der Waals surface area contributed by atoms with Crippen LogP contribution >= 0.6 is 0 Å². The minimum absolute atomic E-state index is 0.0998. The molecule has 0 fully saturated rings. The van der Waals surface area contributed by atoms with Crippen LogP contribution in [-0.2, 0) is 4.79 Å². The summed E-state index contributed by atoms with van der Waals surface area (Å²) in [6.45, 7) is 0.404. The highest BCUT2D eigenvalue weighted by Gasteiger charge is 2.14. The van der Waals surface area contributed by atoms with Crippen LogP contribution in [0, 0.1) is 0 Å². The van der Waals surface area contributed by atoms with Gasteiger partial charge >= 0.3 is 5.97 Å². The molecular formula is C24H23N3O6. The van der Waals surface area contributed by atoms with Crippen molar-refractivity contribution in [2.45, 2.75) is 25.7 Å². The molecule has 0 saturated carbocycles. The van der Waals surface area contributed by atoms with Gasteiger partial charge in [-0.1, -0.05) is 24.6 Å². The Bertz CT molecular complexity index is 1370. The third kappa shape index (κ3) is 4.67. The number of H-pyrrole nitrogens is 1. The fraction of sp³-hybridized carbons (Fsp3) is 0.208. The second kappa shape index (κ2) is 9.47. The van der Waals surface area contributed by atoms with Gasteiger partial charge < -0.3 is 25.4 Å². The van der Waals surface area contributed by atoms with Crippen molar-refractivity contribution in [3.8, 4) is 11.8 Å². The molecule has 4 N–H and O–H groups in total. The molecule has 2 aromatic heterocycles. The lowest BCUT2D eigenvalue weighted by atomic mass is 10.1. The van der Waals surface area contributed by atoms with E-state index >= 15 is 0 Å². The molecule has 2 aromatic carbocycles. The number of nitrogens with zero attached hydrogens (tertiary/aromatic N) is 1. The van der Waals surface area contributed by atoms with Gasteiger partial charge in [0.25, 0.3) is 5.91 Å². The Morgan fingerprint density at radius 3 is 2.42 bits per heavy atom. The van der Waals surface area contributed by atoms with Gasteiger partial charge in [0.05, 0.1) is 11.1 Å². The van der Waals surface area contributed by atoms with Crippen LogP contribution in [0.15, 0.2) is 59.4 Å². The molecule has 9 nitrogen and oxygen atoms in total. The number of carbonyl (C=O) groups is 2. The molecule has 33 heavy (non-hydrogen) atoms. The summed E-state index contributed by atoms with van der Waals surface area (Å²) in [6, 6.07) is 14.6. The van der Waals surface area contributed by atoms with Gasteiger partial charge in [-0.05, 0) is 37.1 Å². The minimum Gasteiger partial charge on any atom is -0.492 e. The summed E-state index contributed by atoms with van der Waals surface area (Å²) in [5, 5.41) is 22.8. The van der Waals surface area contributed by atoms with Crippen molar-refractivity contribution in [3.05, 3.63) is 70.4 Å². The van der Waals surface area contributed by atoms with Crippen LogP contribution in [-0.4, -0.2) is 38.3 Å². The van der Waals surface area contributed by atoms with Gasteiger partial charge in [0.15, 0.2) is 5.43 Å². The first-order valence-corrected chi connectivity index (χ1v) is 10.6. The van der Waals surface area contributed by atoms with Crippen molar-refractivity contribution in [2.24, 2.45) is 0 Å². The predicted octanol–water partition coefficient (Wildman–Crippen LogP) is 2.84. The summed E-state index contributed by atoms with van der Waals surface area (Å²) in [5.74, 6) is -1.62. The number of amides is 1. The number of aromatic amines is 1. The lowest BCUT2D eigenvalue weighted by Crippen LogP contribution is -2.25. The van der Waals surface area contributed by atoms with Crippen LogP contribution in [0.3, 0.4) is 0 Å². The number of rotatable bonds is 8. The monoisotopic (exact) mass is 449 g/mol. The Hall–Kier alpha value is -4.27. The average molecular weight is 449 g/mol. The third-order valence-corrected chi connectivity index (χ3v) is 5.32. The molecule has 0 bridgehead atoms. The first-order valence-electron chi connectivity index (χ1n) is 10.6. The second-order valence-corrected chi connectivity index (χ2v) is 7.60. The zero-order valence-corrected chi connectivity index (χ0v) is 17.7. The summed E-state index contributed by atoms with van der Waals surface area (Å²) in [5.41, 5.74) is 1.44. The molecule has 170 valence electrons. The van der Waals surface area contributed by atoms with Gasteiger partial charge in [-0.15, -0.1) is 4.73 Å². The van der Waals surface area contributed by atoms with Crippen LogP contribution in [0.25, 0.3) is 21.8 Å². The van der Waals surface area contributed by atoms with Crippen LogP contribution in [0.1, 0.15) is 36.0 Å². The van der Waals surface area contributed by atoms with Gasteiger partial charge in [0, 0.05) is 41.4 Å². The predicted molar refractivity (Wildman–Crippen MR) is 122 cm³/mol. The molecular weight excluding hydrogens is 426 g/mol. The topological polar surface area (TPSA) is 134 Å². The number of unbranched alkanes of at least 4 members (excludes halogenated alkanes) is 2. The van der Waals surface area contributed by atoms with E-state index in [1.54, 1.807) is 36.4 Å². The molecule has 0 aliphatic rings. The van der Waals surface area contributed by atoms with E-state index in [1.165, 1.54) is 12.1 Å². The number of hydrogen-bond donors (Lipinski definition) is 4. The molecule has 9 heteroatoms. The number of para-hydroxylation sites is 2. The van der Waals surface area contributed by atoms with Crippen molar-refractivity contribution in [3.63, 3.8) is 0 Å². The summed E-state index contributed by atoms with van der Waals surface area (Å²) in [4.78, 5) is 45.4. The van der Waals surface area contributed by atoms with E-state index in [2.05, 4.69) is 10.3 Å². The average Bonchev–Trinajstić information content (AvgIpc) is 3.13.